The van der Waals surface area contributed by atoms with E-state index < -0.39 is 5.60 Å². The third-order valence-corrected chi connectivity index (χ3v) is 1.81. The van der Waals surface area contributed by atoms with Gasteiger partial charge in [-0.05, 0) is 41.7 Å². The molecule has 0 aromatic carbocycles. The highest BCUT2D eigenvalue weighted by molar-refractivity contribution is 4.73. The Labute approximate surface area is 88.5 Å². The van der Waals surface area contributed by atoms with Crippen molar-refractivity contribution >= 4 is 0 Å². The Morgan fingerprint density at radius 3 is 2.00 bits per heavy atom. The molecule has 0 unspecified atom stereocenters. The van der Waals surface area contributed by atoms with E-state index in [1.807, 2.05) is 20.9 Å². The predicted molar refractivity (Wildman–Crippen MR) is 61.6 cm³/mol. The molecule has 3 heteroatoms. The van der Waals surface area contributed by atoms with Crippen molar-refractivity contribution in [2.24, 2.45) is 0 Å². The van der Waals surface area contributed by atoms with Crippen LogP contribution in [-0.2, 0) is 0 Å². The van der Waals surface area contributed by atoms with Crippen molar-refractivity contribution in [1.82, 2.24) is 10.2 Å². The van der Waals surface area contributed by atoms with Crippen LogP contribution in [0.5, 0.6) is 0 Å². The second kappa shape index (κ2) is 5.10. The third kappa shape index (κ3) is 9.96. The van der Waals surface area contributed by atoms with E-state index in [9.17, 15) is 5.11 Å². The summed E-state index contributed by atoms with van der Waals surface area (Å²) in [5.41, 5.74) is -0.425. The third-order valence-electron chi connectivity index (χ3n) is 1.81. The second-order valence-electron chi connectivity index (χ2n) is 5.73. The predicted octanol–water partition coefficient (Wildman–Crippen LogP) is 1.08. The Morgan fingerprint density at radius 2 is 1.64 bits per heavy atom. The van der Waals surface area contributed by atoms with Crippen LogP contribution in [0.2, 0.25) is 0 Å². The molecule has 0 radical (unpaired) electrons. The van der Waals surface area contributed by atoms with Crippen molar-refractivity contribution in [3.8, 4) is 0 Å². The zero-order valence-electron chi connectivity index (χ0n) is 10.5. The lowest BCUT2D eigenvalue weighted by Crippen LogP contribution is -2.43. The fourth-order valence-corrected chi connectivity index (χ4v) is 1.36. The minimum absolute atomic E-state index is 0.176. The Morgan fingerprint density at radius 1 is 1.14 bits per heavy atom. The van der Waals surface area contributed by atoms with E-state index in [2.05, 4.69) is 31.0 Å². The monoisotopic (exact) mass is 202 g/mol. The Hall–Kier alpha value is -0.120. The number of hydrogen-bond acceptors (Lipinski definition) is 3. The molecule has 0 fully saturated rings. The number of likely N-dealkylation sites (N-methyl/N-ethyl adjacent to an activating group) is 1. The fourth-order valence-electron chi connectivity index (χ4n) is 1.36. The first-order valence-electron chi connectivity index (χ1n) is 5.26. The molecule has 0 saturated heterocycles. The molecule has 0 bridgehead atoms. The zero-order chi connectivity index (χ0) is 11.4. The average molecular weight is 202 g/mol. The lowest BCUT2D eigenvalue weighted by molar-refractivity contribution is 0.0446. The summed E-state index contributed by atoms with van der Waals surface area (Å²) in [6, 6.07) is 0. The molecule has 0 spiro atoms. The number of nitrogens with one attached hydrogen (secondary N) is 1. The summed E-state index contributed by atoms with van der Waals surface area (Å²) >= 11 is 0. The molecule has 0 heterocycles. The van der Waals surface area contributed by atoms with Crippen LogP contribution in [0, 0.1) is 0 Å². The van der Waals surface area contributed by atoms with Gasteiger partial charge in [0.25, 0.3) is 0 Å². The van der Waals surface area contributed by atoms with Gasteiger partial charge in [-0.2, -0.15) is 0 Å². The molecule has 0 atom stereocenters. The molecule has 0 amide bonds. The quantitative estimate of drug-likeness (QED) is 0.700. The normalized spacial score (nSPS) is 13.7. The molecule has 3 nitrogen and oxygen atoms in total. The van der Waals surface area contributed by atoms with Gasteiger partial charge in [0.2, 0.25) is 0 Å². The first-order chi connectivity index (χ1) is 6.10. The highest BCUT2D eigenvalue weighted by atomic mass is 16.3. The van der Waals surface area contributed by atoms with Crippen molar-refractivity contribution < 1.29 is 5.11 Å². The maximum Gasteiger partial charge on any atom is 0.0718 e. The van der Waals surface area contributed by atoms with Gasteiger partial charge in [0.15, 0.2) is 0 Å². The average Bonchev–Trinajstić information content (AvgIpc) is 1.78. The molecule has 0 aliphatic rings. The number of rotatable bonds is 5. The summed E-state index contributed by atoms with van der Waals surface area (Å²) in [7, 11) is 2.03. The van der Waals surface area contributed by atoms with Gasteiger partial charge in [-0.15, -0.1) is 0 Å². The van der Waals surface area contributed by atoms with Crippen molar-refractivity contribution in [1.29, 1.82) is 0 Å². The minimum atomic E-state index is -0.601. The van der Waals surface area contributed by atoms with Crippen molar-refractivity contribution in [2.45, 2.75) is 45.8 Å². The van der Waals surface area contributed by atoms with Gasteiger partial charge in [-0.3, -0.25) is 0 Å². The van der Waals surface area contributed by atoms with Crippen molar-refractivity contribution in [2.75, 3.05) is 26.7 Å². The maximum absolute atomic E-state index is 9.59. The molecule has 0 aliphatic heterocycles. The van der Waals surface area contributed by atoms with Crippen LogP contribution >= 0.6 is 0 Å². The van der Waals surface area contributed by atoms with Crippen LogP contribution in [0.15, 0.2) is 0 Å². The maximum atomic E-state index is 9.59. The highest BCUT2D eigenvalue weighted by Gasteiger charge is 2.15. The molecular weight excluding hydrogens is 176 g/mol. The van der Waals surface area contributed by atoms with Crippen molar-refractivity contribution in [3.05, 3.63) is 0 Å². The smallest absolute Gasteiger partial charge is 0.0718 e. The largest absolute Gasteiger partial charge is 0.389 e. The van der Waals surface area contributed by atoms with Crippen LogP contribution in [0.25, 0.3) is 0 Å². The van der Waals surface area contributed by atoms with E-state index >= 15 is 0 Å². The van der Waals surface area contributed by atoms with Gasteiger partial charge < -0.3 is 15.3 Å². The molecule has 14 heavy (non-hydrogen) atoms. The van der Waals surface area contributed by atoms with E-state index in [-0.39, 0.29) is 5.54 Å². The summed E-state index contributed by atoms with van der Waals surface area (Å²) in [5, 5.41) is 13.0. The summed E-state index contributed by atoms with van der Waals surface area (Å²) in [4.78, 5) is 2.14. The molecule has 2 N–H and O–H groups in total. The first kappa shape index (κ1) is 13.9. The molecule has 0 saturated carbocycles. The van der Waals surface area contributed by atoms with E-state index in [4.69, 9.17) is 0 Å². The van der Waals surface area contributed by atoms with E-state index in [0.717, 1.165) is 13.1 Å². The van der Waals surface area contributed by atoms with Gasteiger partial charge in [0.1, 0.15) is 0 Å². The Balaban J connectivity index is 3.60. The zero-order valence-corrected chi connectivity index (χ0v) is 10.5. The summed E-state index contributed by atoms with van der Waals surface area (Å²) in [6.07, 6.45) is 0. The minimum Gasteiger partial charge on any atom is -0.389 e. The first-order valence-corrected chi connectivity index (χ1v) is 5.26. The van der Waals surface area contributed by atoms with Crippen LogP contribution in [0.4, 0.5) is 0 Å². The van der Waals surface area contributed by atoms with Crippen LogP contribution in [0.3, 0.4) is 0 Å². The second-order valence-corrected chi connectivity index (χ2v) is 5.73. The number of nitrogens with zero attached hydrogens (tertiary/aromatic N) is 1. The number of hydrogen-bond donors (Lipinski definition) is 2. The van der Waals surface area contributed by atoms with Crippen LogP contribution in [-0.4, -0.2) is 47.8 Å². The summed E-state index contributed by atoms with van der Waals surface area (Å²) in [5.74, 6) is 0. The van der Waals surface area contributed by atoms with Crippen LogP contribution in [0.1, 0.15) is 34.6 Å². The van der Waals surface area contributed by atoms with Crippen LogP contribution < -0.4 is 5.32 Å². The van der Waals surface area contributed by atoms with Gasteiger partial charge in [0, 0.05) is 25.2 Å². The summed E-state index contributed by atoms with van der Waals surface area (Å²) in [6.45, 7) is 12.8. The molecule has 0 aliphatic carbocycles. The van der Waals surface area contributed by atoms with E-state index in [0.29, 0.717) is 6.54 Å². The van der Waals surface area contributed by atoms with Crippen molar-refractivity contribution in [3.63, 3.8) is 0 Å². The number of aliphatic hydroxyl groups is 1. The highest BCUT2D eigenvalue weighted by Crippen LogP contribution is 2.03. The van der Waals surface area contributed by atoms with E-state index in [1.165, 1.54) is 0 Å². The summed E-state index contributed by atoms with van der Waals surface area (Å²) < 4.78 is 0. The SMILES string of the molecule is CN(CCNC(C)(C)C)CC(C)(C)O. The Bertz CT molecular complexity index is 156. The van der Waals surface area contributed by atoms with Gasteiger partial charge in [-0.25, -0.2) is 0 Å². The fraction of sp³-hybridized carbons (Fsp3) is 1.00. The van der Waals surface area contributed by atoms with Gasteiger partial charge in [0.05, 0.1) is 5.60 Å². The molecule has 86 valence electrons. The van der Waals surface area contributed by atoms with E-state index in [1.54, 1.807) is 0 Å². The lowest BCUT2D eigenvalue weighted by atomic mass is 10.1. The Kier molecular flexibility index (Phi) is 5.06. The molecule has 0 aromatic rings. The molecular formula is C11H26N2O. The molecule has 0 aromatic heterocycles. The van der Waals surface area contributed by atoms with Gasteiger partial charge in [-0.1, -0.05) is 0 Å². The lowest BCUT2D eigenvalue weighted by Gasteiger charge is -2.27. The molecule has 0 rings (SSSR count). The topological polar surface area (TPSA) is 35.5 Å². The standard InChI is InChI=1S/C11H26N2O/c1-10(2,3)12-7-8-13(6)9-11(4,5)14/h12,14H,7-9H2,1-6H3. The van der Waals surface area contributed by atoms with Gasteiger partial charge >= 0.3 is 0 Å².